The number of nitrogens with one attached hydrogen (secondary N) is 1. The number of alkyl halides is 2. The summed E-state index contributed by atoms with van der Waals surface area (Å²) in [5.74, 6) is -0.310. The Morgan fingerprint density at radius 2 is 2.04 bits per heavy atom. The predicted octanol–water partition coefficient (Wildman–Crippen LogP) is 4.56. The monoisotopic (exact) mass is 399 g/mol. The molecule has 144 valence electrons. The molecule has 1 N–H and O–H groups in total. The fourth-order valence-corrected chi connectivity index (χ4v) is 2.26. The van der Waals surface area contributed by atoms with Crippen LogP contribution in [0.25, 0.3) is 11.3 Å². The molecule has 2 aromatic heterocycles. The van der Waals surface area contributed by atoms with Crippen LogP contribution in [0.2, 0.25) is 5.15 Å². The van der Waals surface area contributed by atoms with E-state index >= 15 is 0 Å². The van der Waals surface area contributed by atoms with E-state index in [9.17, 15) is 18.4 Å². The average Bonchev–Trinajstić information content (AvgIpc) is 2.52. The highest BCUT2D eigenvalue weighted by Gasteiger charge is 2.21. The van der Waals surface area contributed by atoms with Crippen LogP contribution in [-0.4, -0.2) is 34.6 Å². The minimum Gasteiger partial charge on any atom is -0.444 e. The number of carbonyl (C=O) groups excluding carboxylic acids is 2. The summed E-state index contributed by atoms with van der Waals surface area (Å²) in [4.78, 5) is 31.4. The molecule has 2 heterocycles. The van der Waals surface area contributed by atoms with Crippen LogP contribution in [0.3, 0.4) is 0 Å². The fraction of sp³-hybridized carbons (Fsp3) is 0.294. The van der Waals surface area contributed by atoms with Gasteiger partial charge in [-0.05, 0) is 26.8 Å². The molecule has 2 aromatic rings. The maximum atomic E-state index is 12.7. The van der Waals surface area contributed by atoms with Crippen LogP contribution in [0, 0.1) is 0 Å². The molecule has 0 saturated carbocycles. The first-order chi connectivity index (χ1) is 12.6. The van der Waals surface area contributed by atoms with Crippen molar-refractivity contribution in [1.82, 2.24) is 9.97 Å². The lowest BCUT2D eigenvalue weighted by Crippen LogP contribution is -2.27. The van der Waals surface area contributed by atoms with Crippen molar-refractivity contribution in [1.29, 1.82) is 0 Å². The van der Waals surface area contributed by atoms with E-state index in [1.54, 1.807) is 20.8 Å². The van der Waals surface area contributed by atoms with Gasteiger partial charge in [-0.2, -0.15) is 8.78 Å². The van der Waals surface area contributed by atoms with E-state index in [-0.39, 0.29) is 33.4 Å². The van der Waals surface area contributed by atoms with E-state index in [4.69, 9.17) is 16.3 Å². The van der Waals surface area contributed by atoms with Crippen LogP contribution < -0.4 is 10.1 Å². The van der Waals surface area contributed by atoms with Crippen molar-refractivity contribution in [3.05, 3.63) is 35.2 Å². The van der Waals surface area contributed by atoms with Gasteiger partial charge in [-0.25, -0.2) is 9.78 Å². The van der Waals surface area contributed by atoms with Gasteiger partial charge in [0.2, 0.25) is 0 Å². The minimum atomic E-state index is -3.12. The molecule has 0 aliphatic carbocycles. The van der Waals surface area contributed by atoms with Crippen molar-refractivity contribution in [2.45, 2.75) is 33.0 Å². The van der Waals surface area contributed by atoms with Crippen LogP contribution in [0.5, 0.6) is 5.75 Å². The van der Waals surface area contributed by atoms with Crippen LogP contribution in [0.4, 0.5) is 19.3 Å². The average molecular weight is 400 g/mol. The third-order valence-corrected chi connectivity index (χ3v) is 3.25. The molecular weight excluding hydrogens is 384 g/mol. The van der Waals surface area contributed by atoms with Crippen LogP contribution in [0.15, 0.2) is 24.5 Å². The number of halogens is 3. The summed E-state index contributed by atoms with van der Waals surface area (Å²) < 4.78 is 35.0. The zero-order valence-corrected chi connectivity index (χ0v) is 15.4. The Bertz CT molecular complexity index is 857. The third kappa shape index (κ3) is 5.58. The zero-order chi connectivity index (χ0) is 20.2. The molecule has 0 bridgehead atoms. The quantitative estimate of drug-likeness (QED) is 0.585. The molecular formula is C17H16ClF2N3O4. The number of anilines is 1. The molecule has 0 unspecified atom stereocenters. The molecule has 0 fully saturated rings. The lowest BCUT2D eigenvalue weighted by Gasteiger charge is -2.20. The van der Waals surface area contributed by atoms with Gasteiger partial charge in [0.05, 0.1) is 22.5 Å². The normalized spacial score (nSPS) is 11.2. The van der Waals surface area contributed by atoms with Gasteiger partial charge < -0.3 is 9.47 Å². The number of pyridine rings is 2. The lowest BCUT2D eigenvalue weighted by atomic mass is 10.1. The van der Waals surface area contributed by atoms with Gasteiger partial charge in [-0.3, -0.25) is 15.1 Å². The summed E-state index contributed by atoms with van der Waals surface area (Å²) in [6.07, 6.45) is 2.07. The molecule has 0 aromatic carbocycles. The molecule has 0 aliphatic rings. The number of amides is 1. The Hall–Kier alpha value is -2.81. The summed E-state index contributed by atoms with van der Waals surface area (Å²) in [6.45, 7) is 1.92. The molecule has 0 atom stereocenters. The fourth-order valence-electron chi connectivity index (χ4n) is 2.11. The summed E-state index contributed by atoms with van der Waals surface area (Å²) in [5, 5.41) is 2.35. The highest BCUT2D eigenvalue weighted by Crippen LogP contribution is 2.34. The highest BCUT2D eigenvalue weighted by atomic mass is 35.5. The summed E-state index contributed by atoms with van der Waals surface area (Å²) in [5.41, 5.74) is -0.735. The van der Waals surface area contributed by atoms with Gasteiger partial charge in [0, 0.05) is 18.5 Å². The second kappa shape index (κ2) is 8.26. The molecule has 0 aliphatic heterocycles. The molecule has 1 amide bonds. The number of aldehydes is 1. The van der Waals surface area contributed by atoms with Gasteiger partial charge in [0.1, 0.15) is 16.5 Å². The Morgan fingerprint density at radius 3 is 2.63 bits per heavy atom. The number of carbonyl (C=O) groups is 2. The van der Waals surface area contributed by atoms with E-state index in [0.29, 0.717) is 6.29 Å². The second-order valence-electron chi connectivity index (χ2n) is 6.25. The van der Waals surface area contributed by atoms with Crippen molar-refractivity contribution >= 4 is 29.7 Å². The lowest BCUT2D eigenvalue weighted by molar-refractivity contribution is -0.0495. The third-order valence-electron chi connectivity index (χ3n) is 3.05. The summed E-state index contributed by atoms with van der Waals surface area (Å²) in [6, 6.07) is 2.45. The smallest absolute Gasteiger partial charge is 0.412 e. The first kappa shape index (κ1) is 20.5. The minimum absolute atomic E-state index is 0.00892. The zero-order valence-electron chi connectivity index (χ0n) is 14.6. The summed E-state index contributed by atoms with van der Waals surface area (Å²) >= 11 is 5.72. The first-order valence-corrected chi connectivity index (χ1v) is 8.03. The van der Waals surface area contributed by atoms with Crippen molar-refractivity contribution in [3.63, 3.8) is 0 Å². The van der Waals surface area contributed by atoms with E-state index in [1.165, 1.54) is 12.3 Å². The maximum Gasteiger partial charge on any atom is 0.412 e. The van der Waals surface area contributed by atoms with Crippen molar-refractivity contribution < 1.29 is 27.8 Å². The highest BCUT2D eigenvalue weighted by molar-refractivity contribution is 6.29. The van der Waals surface area contributed by atoms with Gasteiger partial charge in [-0.15, -0.1) is 0 Å². The second-order valence-corrected chi connectivity index (χ2v) is 6.63. The van der Waals surface area contributed by atoms with Gasteiger partial charge >= 0.3 is 12.7 Å². The van der Waals surface area contributed by atoms with Crippen LogP contribution >= 0.6 is 11.6 Å². The van der Waals surface area contributed by atoms with E-state index < -0.39 is 18.3 Å². The standard InChI is InChI=1S/C17H16ClF2N3O4/c1-17(2,3)27-16(25)23-11-4-5-21-14(10(11)8-24)9-7-22-13(18)6-12(9)26-15(19)20/h4-8,15H,1-3H3,(H,21,23,25). The molecule has 7 nitrogen and oxygen atoms in total. The molecule has 27 heavy (non-hydrogen) atoms. The van der Waals surface area contributed by atoms with Crippen LogP contribution in [-0.2, 0) is 4.74 Å². The SMILES string of the molecule is CC(C)(C)OC(=O)Nc1ccnc(-c2cnc(Cl)cc2OC(F)F)c1C=O. The molecule has 10 heteroatoms. The number of ether oxygens (including phenoxy) is 2. The topological polar surface area (TPSA) is 90.4 Å². The number of hydrogen-bond acceptors (Lipinski definition) is 6. The van der Waals surface area contributed by atoms with Crippen LogP contribution in [0.1, 0.15) is 31.1 Å². The Labute approximate surface area is 158 Å². The molecule has 0 radical (unpaired) electrons. The van der Waals surface area contributed by atoms with Crippen molar-refractivity contribution in [3.8, 4) is 17.0 Å². The summed E-state index contributed by atoms with van der Waals surface area (Å²) in [7, 11) is 0. The molecule has 0 saturated heterocycles. The Morgan fingerprint density at radius 1 is 1.33 bits per heavy atom. The Kier molecular flexibility index (Phi) is 6.27. The van der Waals surface area contributed by atoms with Gasteiger partial charge in [0.25, 0.3) is 0 Å². The number of nitrogens with zero attached hydrogens (tertiary/aromatic N) is 2. The maximum absolute atomic E-state index is 12.7. The Balaban J connectivity index is 2.48. The molecule has 0 spiro atoms. The van der Waals surface area contributed by atoms with Gasteiger partial charge in [-0.1, -0.05) is 11.6 Å². The predicted molar refractivity (Wildman–Crippen MR) is 94.4 cm³/mol. The number of rotatable bonds is 5. The van der Waals surface area contributed by atoms with Gasteiger partial charge in [0.15, 0.2) is 6.29 Å². The van der Waals surface area contributed by atoms with E-state index in [1.807, 2.05) is 0 Å². The van der Waals surface area contributed by atoms with Crippen molar-refractivity contribution in [2.75, 3.05) is 5.32 Å². The first-order valence-electron chi connectivity index (χ1n) is 7.65. The van der Waals surface area contributed by atoms with E-state index in [0.717, 1.165) is 12.3 Å². The number of hydrogen-bond donors (Lipinski definition) is 1. The van der Waals surface area contributed by atoms with E-state index in [2.05, 4.69) is 20.0 Å². The number of aromatic nitrogens is 2. The molecule has 2 rings (SSSR count). The van der Waals surface area contributed by atoms with Crippen molar-refractivity contribution in [2.24, 2.45) is 0 Å². The largest absolute Gasteiger partial charge is 0.444 e.